The number of hydrogen-bond acceptors (Lipinski definition) is 3. The van der Waals surface area contributed by atoms with E-state index in [0.717, 1.165) is 19.3 Å². The first kappa shape index (κ1) is 15.8. The van der Waals surface area contributed by atoms with Crippen LogP contribution in [0.3, 0.4) is 0 Å². The van der Waals surface area contributed by atoms with Crippen LogP contribution in [0, 0.1) is 0 Å². The molecule has 0 unspecified atom stereocenters. The Balaban J connectivity index is 1.77. The molecule has 6 heteroatoms. The molecule has 1 aliphatic heterocycles. The number of nitrogens with zero attached hydrogens (tertiary/aromatic N) is 2. The van der Waals surface area contributed by atoms with Crippen molar-refractivity contribution in [1.29, 1.82) is 0 Å². The number of piperidine rings is 1. The molecule has 2 rings (SSSR count). The van der Waals surface area contributed by atoms with Gasteiger partial charge in [0, 0.05) is 37.6 Å². The van der Waals surface area contributed by atoms with Crippen molar-refractivity contribution < 1.29 is 9.59 Å². The zero-order chi connectivity index (χ0) is 15.1. The second-order valence-electron chi connectivity index (χ2n) is 5.14. The van der Waals surface area contributed by atoms with Crippen molar-refractivity contribution in [2.24, 2.45) is 0 Å². The predicted octanol–water partition coefficient (Wildman–Crippen LogP) is 1.82. The number of aromatic nitrogens is 1. The molecule has 1 fully saturated rings. The minimum Gasteiger partial charge on any atom is -0.348 e. The zero-order valence-corrected chi connectivity index (χ0v) is 12.7. The summed E-state index contributed by atoms with van der Waals surface area (Å²) in [5.41, 5.74) is 0.429. The van der Waals surface area contributed by atoms with Gasteiger partial charge in [0.05, 0.1) is 0 Å². The molecular weight excluding hydrogens is 290 g/mol. The molecule has 1 aliphatic rings. The summed E-state index contributed by atoms with van der Waals surface area (Å²) in [6, 6.07) is 5.37. The molecule has 2 heterocycles. The van der Waals surface area contributed by atoms with Crippen LogP contribution in [0.5, 0.6) is 0 Å². The molecule has 0 aliphatic carbocycles. The highest BCUT2D eigenvalue weighted by Crippen LogP contribution is 2.13. The van der Waals surface area contributed by atoms with E-state index < -0.39 is 0 Å². The number of pyridine rings is 1. The Bertz CT molecular complexity index is 473. The van der Waals surface area contributed by atoms with Gasteiger partial charge < -0.3 is 10.2 Å². The molecule has 1 N–H and O–H groups in total. The number of carbonyl (C=O) groups is 2. The van der Waals surface area contributed by atoms with E-state index in [1.165, 1.54) is 0 Å². The zero-order valence-electron chi connectivity index (χ0n) is 11.9. The van der Waals surface area contributed by atoms with Crippen molar-refractivity contribution in [1.82, 2.24) is 15.2 Å². The molecule has 2 amide bonds. The fourth-order valence-corrected chi connectivity index (χ4v) is 2.54. The lowest BCUT2D eigenvalue weighted by Crippen LogP contribution is -2.46. The molecule has 0 atom stereocenters. The standard InChI is InChI=1S/C15H20ClN3O2/c16-8-3-5-14(20)19-10-6-12(7-11-19)18-15(21)13-4-1-2-9-17-13/h1-2,4,9,12H,3,5-8,10-11H2,(H,18,21). The first-order chi connectivity index (χ1) is 10.2. The van der Waals surface area contributed by atoms with Gasteiger partial charge in [0.2, 0.25) is 5.91 Å². The number of likely N-dealkylation sites (tertiary alicyclic amines) is 1. The Labute approximate surface area is 129 Å². The third-order valence-electron chi connectivity index (χ3n) is 3.60. The fourth-order valence-electron chi connectivity index (χ4n) is 2.41. The number of alkyl halides is 1. The lowest BCUT2D eigenvalue weighted by Gasteiger charge is -2.32. The van der Waals surface area contributed by atoms with Gasteiger partial charge in [0.25, 0.3) is 5.91 Å². The van der Waals surface area contributed by atoms with Crippen LogP contribution in [0.15, 0.2) is 24.4 Å². The molecule has 1 aromatic heterocycles. The number of amides is 2. The highest BCUT2D eigenvalue weighted by molar-refractivity contribution is 6.17. The van der Waals surface area contributed by atoms with Crippen LogP contribution in [-0.4, -0.2) is 46.7 Å². The van der Waals surface area contributed by atoms with Gasteiger partial charge in [0.15, 0.2) is 0 Å². The van der Waals surface area contributed by atoms with E-state index in [-0.39, 0.29) is 17.9 Å². The van der Waals surface area contributed by atoms with Crippen LogP contribution in [0.25, 0.3) is 0 Å². The van der Waals surface area contributed by atoms with Gasteiger partial charge in [-0.1, -0.05) is 6.07 Å². The molecule has 0 saturated carbocycles. The van der Waals surface area contributed by atoms with Crippen LogP contribution in [0.2, 0.25) is 0 Å². The highest BCUT2D eigenvalue weighted by atomic mass is 35.5. The number of nitrogens with one attached hydrogen (secondary N) is 1. The van der Waals surface area contributed by atoms with E-state index in [1.54, 1.807) is 24.4 Å². The van der Waals surface area contributed by atoms with Crippen LogP contribution in [0.1, 0.15) is 36.2 Å². The Morgan fingerprint density at radius 2 is 2.10 bits per heavy atom. The summed E-state index contributed by atoms with van der Waals surface area (Å²) in [5, 5.41) is 2.98. The molecule has 5 nitrogen and oxygen atoms in total. The third-order valence-corrected chi connectivity index (χ3v) is 3.87. The Hall–Kier alpha value is -1.62. The number of carbonyl (C=O) groups excluding carboxylic acids is 2. The normalized spacial score (nSPS) is 15.8. The minimum atomic E-state index is -0.150. The topological polar surface area (TPSA) is 62.3 Å². The average Bonchev–Trinajstić information content (AvgIpc) is 2.54. The van der Waals surface area contributed by atoms with E-state index in [1.807, 2.05) is 4.90 Å². The Morgan fingerprint density at radius 1 is 1.33 bits per heavy atom. The molecule has 1 aromatic rings. The maximum Gasteiger partial charge on any atom is 0.270 e. The SMILES string of the molecule is O=C(NC1CCN(C(=O)CCCCl)CC1)c1ccccn1. The largest absolute Gasteiger partial charge is 0.348 e. The van der Waals surface area contributed by atoms with E-state index in [4.69, 9.17) is 11.6 Å². The van der Waals surface area contributed by atoms with Gasteiger partial charge in [0.1, 0.15) is 5.69 Å². The maximum atomic E-state index is 12.0. The summed E-state index contributed by atoms with van der Waals surface area (Å²) >= 11 is 5.60. The molecule has 114 valence electrons. The van der Waals surface area contributed by atoms with Crippen molar-refractivity contribution in [2.75, 3.05) is 19.0 Å². The van der Waals surface area contributed by atoms with Gasteiger partial charge >= 0.3 is 0 Å². The summed E-state index contributed by atoms with van der Waals surface area (Å²) in [5.74, 6) is 0.523. The van der Waals surface area contributed by atoms with Gasteiger partial charge in [-0.05, 0) is 31.4 Å². The fraction of sp³-hybridized carbons (Fsp3) is 0.533. The van der Waals surface area contributed by atoms with Gasteiger partial charge in [-0.3, -0.25) is 14.6 Å². The van der Waals surface area contributed by atoms with Crippen molar-refractivity contribution in [3.8, 4) is 0 Å². The van der Waals surface area contributed by atoms with Crippen LogP contribution >= 0.6 is 11.6 Å². The first-order valence-electron chi connectivity index (χ1n) is 7.26. The number of rotatable bonds is 5. The summed E-state index contributed by atoms with van der Waals surface area (Å²) < 4.78 is 0. The predicted molar refractivity (Wildman–Crippen MR) is 81.3 cm³/mol. The summed E-state index contributed by atoms with van der Waals surface area (Å²) in [7, 11) is 0. The Morgan fingerprint density at radius 3 is 2.71 bits per heavy atom. The monoisotopic (exact) mass is 309 g/mol. The molecule has 0 aromatic carbocycles. The van der Waals surface area contributed by atoms with Gasteiger partial charge in [-0.25, -0.2) is 0 Å². The molecule has 0 radical (unpaired) electrons. The van der Waals surface area contributed by atoms with Crippen molar-refractivity contribution in [3.05, 3.63) is 30.1 Å². The third kappa shape index (κ3) is 4.70. The van der Waals surface area contributed by atoms with Crippen LogP contribution < -0.4 is 5.32 Å². The van der Waals surface area contributed by atoms with Crippen molar-refractivity contribution in [3.63, 3.8) is 0 Å². The summed E-state index contributed by atoms with van der Waals surface area (Å²) in [4.78, 5) is 29.8. The van der Waals surface area contributed by atoms with E-state index in [0.29, 0.717) is 31.1 Å². The van der Waals surface area contributed by atoms with E-state index >= 15 is 0 Å². The van der Waals surface area contributed by atoms with E-state index in [2.05, 4.69) is 10.3 Å². The van der Waals surface area contributed by atoms with Crippen LogP contribution in [-0.2, 0) is 4.79 Å². The van der Waals surface area contributed by atoms with Crippen molar-refractivity contribution >= 4 is 23.4 Å². The van der Waals surface area contributed by atoms with Crippen molar-refractivity contribution in [2.45, 2.75) is 31.7 Å². The highest BCUT2D eigenvalue weighted by Gasteiger charge is 2.23. The Kier molecular flexibility index (Phi) is 5.99. The van der Waals surface area contributed by atoms with E-state index in [9.17, 15) is 9.59 Å². The number of halogens is 1. The second-order valence-corrected chi connectivity index (χ2v) is 5.51. The number of hydrogen-bond donors (Lipinski definition) is 1. The summed E-state index contributed by atoms with van der Waals surface area (Å²) in [6.07, 6.45) is 4.40. The summed E-state index contributed by atoms with van der Waals surface area (Å²) in [6.45, 7) is 1.38. The molecular formula is C15H20ClN3O2. The maximum absolute atomic E-state index is 12.0. The quantitative estimate of drug-likeness (QED) is 0.844. The minimum absolute atomic E-state index is 0.108. The second kappa shape index (κ2) is 7.98. The molecule has 1 saturated heterocycles. The molecule has 0 bridgehead atoms. The lowest BCUT2D eigenvalue weighted by atomic mass is 10.0. The van der Waals surface area contributed by atoms with Gasteiger partial charge in [-0.2, -0.15) is 0 Å². The lowest BCUT2D eigenvalue weighted by molar-refractivity contribution is -0.132. The van der Waals surface area contributed by atoms with Gasteiger partial charge in [-0.15, -0.1) is 11.6 Å². The molecule has 21 heavy (non-hydrogen) atoms. The average molecular weight is 310 g/mol. The van der Waals surface area contributed by atoms with Crippen LogP contribution in [0.4, 0.5) is 0 Å². The molecule has 0 spiro atoms. The first-order valence-corrected chi connectivity index (χ1v) is 7.80. The smallest absolute Gasteiger partial charge is 0.270 e.